The van der Waals surface area contributed by atoms with E-state index < -0.39 is 30.4 Å². The number of nitrogens with one attached hydrogen (secondary N) is 2. The van der Waals surface area contributed by atoms with Crippen molar-refractivity contribution in [1.82, 2.24) is 14.9 Å². The summed E-state index contributed by atoms with van der Waals surface area (Å²) in [5.41, 5.74) is 9.78. The van der Waals surface area contributed by atoms with Gasteiger partial charge in [0.05, 0.1) is 33.7 Å². The molecule has 2 aromatic carbocycles. The van der Waals surface area contributed by atoms with E-state index in [0.717, 1.165) is 0 Å². The molecule has 8 nitrogen and oxygen atoms in total. The summed E-state index contributed by atoms with van der Waals surface area (Å²) in [6.45, 7) is 1.49. The second kappa shape index (κ2) is 11.0. The minimum atomic E-state index is -4.57. The zero-order chi connectivity index (χ0) is 29.4. The fraction of sp³-hybridized carbons (Fsp3) is 0.148. The second-order valence-corrected chi connectivity index (χ2v) is 9.50. The van der Waals surface area contributed by atoms with Gasteiger partial charge in [-0.05, 0) is 51.3 Å². The van der Waals surface area contributed by atoms with E-state index in [4.69, 9.17) is 10.5 Å². The summed E-state index contributed by atoms with van der Waals surface area (Å²) in [6.07, 6.45) is -3.01. The Morgan fingerprint density at radius 3 is 2.40 bits per heavy atom. The second-order valence-electron chi connectivity index (χ2n) is 8.65. The van der Waals surface area contributed by atoms with E-state index in [1.54, 1.807) is 36.5 Å². The number of ether oxygens (including phenoxy) is 1. The van der Waals surface area contributed by atoms with E-state index in [2.05, 4.69) is 32.8 Å². The van der Waals surface area contributed by atoms with Gasteiger partial charge in [-0.15, -0.1) is 0 Å². The SMILES string of the molecule is C=C(F)C(=O)Nc1ccc(-c2c(-c3ccc(C(=O)NCC(F)(F)F)c(OC)c3)c3c(N)ncc(Br)c3n2C)cc1. The Balaban J connectivity index is 1.88. The molecule has 0 spiro atoms. The monoisotopic (exact) mass is 619 g/mol. The van der Waals surface area contributed by atoms with Gasteiger partial charge in [0.15, 0.2) is 5.83 Å². The van der Waals surface area contributed by atoms with Crippen LogP contribution in [0.25, 0.3) is 33.3 Å². The van der Waals surface area contributed by atoms with Crippen molar-refractivity contribution in [3.63, 3.8) is 0 Å². The summed E-state index contributed by atoms with van der Waals surface area (Å²) in [5.74, 6) is -2.78. The summed E-state index contributed by atoms with van der Waals surface area (Å²) in [6, 6.07) is 11.1. The van der Waals surface area contributed by atoms with Gasteiger partial charge in [0.25, 0.3) is 11.8 Å². The first-order valence-corrected chi connectivity index (χ1v) is 12.3. The highest BCUT2D eigenvalue weighted by Gasteiger charge is 2.29. The Bertz CT molecular complexity index is 1650. The highest BCUT2D eigenvalue weighted by Crippen LogP contribution is 2.45. The molecule has 0 aliphatic rings. The maximum absolute atomic E-state index is 13.1. The van der Waals surface area contributed by atoms with Crippen LogP contribution < -0.4 is 21.1 Å². The average Bonchev–Trinajstić information content (AvgIpc) is 3.23. The van der Waals surface area contributed by atoms with Crippen molar-refractivity contribution < 1.29 is 31.9 Å². The van der Waals surface area contributed by atoms with Crippen LogP contribution >= 0.6 is 15.9 Å². The largest absolute Gasteiger partial charge is 0.496 e. The predicted molar refractivity (Wildman–Crippen MR) is 148 cm³/mol. The Labute approximate surface area is 234 Å². The van der Waals surface area contributed by atoms with Crippen LogP contribution in [0.2, 0.25) is 0 Å². The number of hydrogen-bond acceptors (Lipinski definition) is 5. The lowest BCUT2D eigenvalue weighted by atomic mass is 9.96. The number of aromatic nitrogens is 2. The number of halogens is 5. The Morgan fingerprint density at radius 2 is 1.80 bits per heavy atom. The molecule has 0 bridgehead atoms. The number of hydrogen-bond donors (Lipinski definition) is 3. The molecule has 208 valence electrons. The van der Waals surface area contributed by atoms with Gasteiger partial charge in [-0.2, -0.15) is 13.2 Å². The summed E-state index contributed by atoms with van der Waals surface area (Å²) < 4.78 is 58.9. The lowest BCUT2D eigenvalue weighted by Gasteiger charge is -2.14. The molecular formula is C27H22BrF4N5O3. The molecule has 0 saturated heterocycles. The number of anilines is 2. The third-order valence-corrected chi connectivity index (χ3v) is 6.62. The summed E-state index contributed by atoms with van der Waals surface area (Å²) in [5, 5.41) is 4.82. The fourth-order valence-corrected chi connectivity index (χ4v) is 4.87. The Hall–Kier alpha value is -4.39. The number of pyridine rings is 1. The number of rotatable bonds is 7. The molecule has 4 N–H and O–H groups in total. The molecular weight excluding hydrogens is 598 g/mol. The number of amides is 2. The van der Waals surface area contributed by atoms with Crippen LogP contribution in [0.5, 0.6) is 5.75 Å². The van der Waals surface area contributed by atoms with Gasteiger partial charge in [0.1, 0.15) is 18.1 Å². The third kappa shape index (κ3) is 5.64. The van der Waals surface area contributed by atoms with Crippen molar-refractivity contribution in [1.29, 1.82) is 0 Å². The smallest absolute Gasteiger partial charge is 0.405 e. The highest BCUT2D eigenvalue weighted by molar-refractivity contribution is 9.10. The van der Waals surface area contributed by atoms with Crippen molar-refractivity contribution in [2.45, 2.75) is 6.18 Å². The number of nitrogens with zero attached hydrogens (tertiary/aromatic N) is 2. The molecule has 4 rings (SSSR count). The van der Waals surface area contributed by atoms with E-state index in [9.17, 15) is 27.2 Å². The Kier molecular flexibility index (Phi) is 7.87. The first-order chi connectivity index (χ1) is 18.8. The van der Waals surface area contributed by atoms with Crippen molar-refractivity contribution in [3.8, 4) is 28.1 Å². The van der Waals surface area contributed by atoms with Gasteiger partial charge in [-0.3, -0.25) is 9.59 Å². The molecule has 40 heavy (non-hydrogen) atoms. The van der Waals surface area contributed by atoms with Crippen molar-refractivity contribution in [3.05, 3.63) is 71.1 Å². The molecule has 0 aliphatic carbocycles. The van der Waals surface area contributed by atoms with Crippen LogP contribution in [0.4, 0.5) is 29.1 Å². The topological polar surface area (TPSA) is 111 Å². The van der Waals surface area contributed by atoms with E-state index in [-0.39, 0.29) is 17.1 Å². The molecule has 0 atom stereocenters. The first-order valence-electron chi connectivity index (χ1n) is 11.5. The number of benzene rings is 2. The summed E-state index contributed by atoms with van der Waals surface area (Å²) in [4.78, 5) is 28.4. The van der Waals surface area contributed by atoms with Gasteiger partial charge in [-0.25, -0.2) is 9.37 Å². The molecule has 0 unspecified atom stereocenters. The summed E-state index contributed by atoms with van der Waals surface area (Å²) in [7, 11) is 3.11. The molecule has 4 aromatic rings. The molecule has 0 saturated carbocycles. The van der Waals surface area contributed by atoms with Crippen LogP contribution in [0.1, 0.15) is 10.4 Å². The number of carbonyl (C=O) groups excluding carboxylic acids is 2. The predicted octanol–water partition coefficient (Wildman–Crippen LogP) is 5.97. The minimum Gasteiger partial charge on any atom is -0.496 e. The van der Waals surface area contributed by atoms with E-state index in [1.807, 2.05) is 16.9 Å². The number of methoxy groups -OCH3 is 1. The lowest BCUT2D eigenvalue weighted by molar-refractivity contribution is -0.123. The fourth-order valence-electron chi connectivity index (χ4n) is 4.30. The molecule has 0 radical (unpaired) electrons. The van der Waals surface area contributed by atoms with Crippen molar-refractivity contribution in [2.24, 2.45) is 7.05 Å². The summed E-state index contributed by atoms with van der Waals surface area (Å²) >= 11 is 3.52. The first kappa shape index (κ1) is 28.6. The number of aryl methyl sites for hydroxylation is 1. The van der Waals surface area contributed by atoms with E-state index in [0.29, 0.717) is 43.4 Å². The molecule has 2 heterocycles. The van der Waals surface area contributed by atoms with Crippen molar-refractivity contribution >= 4 is 50.2 Å². The number of fused-ring (bicyclic) bond motifs is 1. The van der Waals surface area contributed by atoms with E-state index >= 15 is 0 Å². The molecule has 2 amide bonds. The van der Waals surface area contributed by atoms with Gasteiger partial charge >= 0.3 is 6.18 Å². The van der Waals surface area contributed by atoms with Crippen LogP contribution in [0, 0.1) is 0 Å². The van der Waals surface area contributed by atoms with Crippen LogP contribution in [-0.4, -0.2) is 41.2 Å². The quantitative estimate of drug-likeness (QED) is 0.174. The van der Waals surface area contributed by atoms with Crippen molar-refractivity contribution in [2.75, 3.05) is 24.7 Å². The van der Waals surface area contributed by atoms with E-state index in [1.165, 1.54) is 19.2 Å². The van der Waals surface area contributed by atoms with Gasteiger partial charge in [0.2, 0.25) is 0 Å². The lowest BCUT2D eigenvalue weighted by Crippen LogP contribution is -2.33. The van der Waals surface area contributed by atoms with Gasteiger partial charge in [0, 0.05) is 24.5 Å². The van der Waals surface area contributed by atoms with Crippen LogP contribution in [-0.2, 0) is 11.8 Å². The zero-order valence-corrected chi connectivity index (χ0v) is 22.7. The normalized spacial score (nSPS) is 11.4. The average molecular weight is 620 g/mol. The number of carbonyl (C=O) groups is 2. The molecule has 0 aliphatic heterocycles. The molecule has 0 fully saturated rings. The minimum absolute atomic E-state index is 0.0474. The van der Waals surface area contributed by atoms with Crippen LogP contribution in [0.3, 0.4) is 0 Å². The molecule has 2 aromatic heterocycles. The van der Waals surface area contributed by atoms with Crippen LogP contribution in [0.15, 0.2) is 65.5 Å². The van der Waals surface area contributed by atoms with Gasteiger partial charge < -0.3 is 25.7 Å². The zero-order valence-electron chi connectivity index (χ0n) is 21.1. The van der Waals surface area contributed by atoms with Gasteiger partial charge in [-0.1, -0.05) is 24.8 Å². The number of nitrogen functional groups attached to an aromatic ring is 1. The highest BCUT2D eigenvalue weighted by atomic mass is 79.9. The standard InChI is InChI=1S/C27H22BrF4N5O3/c1-13(29)25(38)36-16-7-4-14(5-8-16)22-20(21-23(37(22)2)18(28)11-34-24(21)33)15-6-9-17(19(10-15)40-3)26(39)35-12-27(30,31)32/h4-11H,1,12H2,2-3H3,(H2,33,34)(H,35,39)(H,36,38). The number of nitrogens with two attached hydrogens (primary N) is 1. The molecule has 13 heteroatoms. The Morgan fingerprint density at radius 1 is 1.15 bits per heavy atom. The third-order valence-electron chi connectivity index (χ3n) is 6.04. The maximum atomic E-state index is 13.1. The number of alkyl halides is 3. The maximum Gasteiger partial charge on any atom is 0.405 e.